The molecule has 0 saturated heterocycles. The van der Waals surface area contributed by atoms with Gasteiger partial charge in [-0.15, -0.1) is 0 Å². The number of fused-ring (bicyclic) bond motifs is 1. The second-order valence-corrected chi connectivity index (χ2v) is 5.85. The fourth-order valence-corrected chi connectivity index (χ4v) is 2.86. The lowest BCUT2D eigenvalue weighted by Crippen LogP contribution is -2.22. The predicted octanol–water partition coefficient (Wildman–Crippen LogP) is 4.70. The molecule has 0 N–H and O–H groups in total. The predicted molar refractivity (Wildman–Crippen MR) is 103 cm³/mol. The van der Waals surface area contributed by atoms with Crippen molar-refractivity contribution in [3.63, 3.8) is 0 Å². The molecule has 0 unspecified atom stereocenters. The molecule has 26 heavy (non-hydrogen) atoms. The van der Waals surface area contributed by atoms with Crippen LogP contribution >= 0.6 is 0 Å². The first kappa shape index (κ1) is 16.0. The summed E-state index contributed by atoms with van der Waals surface area (Å²) >= 11 is 0. The Bertz CT molecular complexity index is 1160. The maximum absolute atomic E-state index is 13.7. The van der Waals surface area contributed by atoms with E-state index in [1.54, 1.807) is 36.4 Å². The molecule has 0 saturated carbocycles. The number of aromatic nitrogens is 2. The Balaban J connectivity index is 1.97. The fourth-order valence-electron chi connectivity index (χ4n) is 2.86. The summed E-state index contributed by atoms with van der Waals surface area (Å²) in [6.07, 6.45) is 3.65. The monoisotopic (exact) mass is 342 g/mol. The molecule has 1 heterocycles. The van der Waals surface area contributed by atoms with Gasteiger partial charge < -0.3 is 0 Å². The molecule has 3 nitrogen and oxygen atoms in total. The van der Waals surface area contributed by atoms with E-state index >= 15 is 0 Å². The zero-order chi connectivity index (χ0) is 17.9. The molecule has 0 spiro atoms. The molecule has 3 aromatic carbocycles. The van der Waals surface area contributed by atoms with Gasteiger partial charge in [0.05, 0.1) is 16.6 Å². The number of halogens is 1. The average Bonchev–Trinajstić information content (AvgIpc) is 2.67. The van der Waals surface area contributed by atoms with E-state index in [2.05, 4.69) is 4.98 Å². The van der Waals surface area contributed by atoms with Crippen LogP contribution in [0.2, 0.25) is 0 Å². The van der Waals surface area contributed by atoms with Crippen LogP contribution in [0.3, 0.4) is 0 Å². The highest BCUT2D eigenvalue weighted by Gasteiger charge is 2.11. The SMILES string of the molecule is O=c1c2ccccc2nc(C=Cc2ccccc2)n1-c1cccc(F)c1. The van der Waals surface area contributed by atoms with E-state index in [0.717, 1.165) is 5.56 Å². The maximum atomic E-state index is 13.7. The molecule has 126 valence electrons. The number of nitrogens with zero attached hydrogens (tertiary/aromatic N) is 2. The molecule has 0 atom stereocenters. The lowest BCUT2D eigenvalue weighted by molar-refractivity contribution is 0.626. The molecule has 0 aliphatic carbocycles. The highest BCUT2D eigenvalue weighted by atomic mass is 19.1. The highest BCUT2D eigenvalue weighted by molar-refractivity contribution is 5.80. The molecule has 0 aliphatic rings. The zero-order valence-corrected chi connectivity index (χ0v) is 13.8. The molecule has 0 aliphatic heterocycles. The quantitative estimate of drug-likeness (QED) is 0.541. The van der Waals surface area contributed by atoms with Crippen LogP contribution in [-0.4, -0.2) is 9.55 Å². The van der Waals surface area contributed by atoms with E-state index in [1.165, 1.54) is 16.7 Å². The molecule has 0 radical (unpaired) electrons. The zero-order valence-electron chi connectivity index (χ0n) is 13.8. The Morgan fingerprint density at radius 1 is 0.846 bits per heavy atom. The van der Waals surface area contributed by atoms with E-state index in [0.29, 0.717) is 22.4 Å². The van der Waals surface area contributed by atoms with Gasteiger partial charge in [0.15, 0.2) is 0 Å². The Morgan fingerprint density at radius 3 is 2.42 bits per heavy atom. The Labute approximate surface area is 149 Å². The van der Waals surface area contributed by atoms with Gasteiger partial charge in [0.25, 0.3) is 5.56 Å². The fraction of sp³-hybridized carbons (Fsp3) is 0. The van der Waals surface area contributed by atoms with E-state index in [4.69, 9.17) is 0 Å². The molecule has 0 bridgehead atoms. The number of hydrogen-bond acceptors (Lipinski definition) is 2. The summed E-state index contributed by atoms with van der Waals surface area (Å²) in [5, 5.41) is 0.494. The molecule has 0 amide bonds. The first-order valence-corrected chi connectivity index (χ1v) is 8.23. The van der Waals surface area contributed by atoms with Crippen molar-refractivity contribution in [3.05, 3.63) is 106 Å². The summed E-state index contributed by atoms with van der Waals surface area (Å²) in [6, 6.07) is 22.8. The summed E-state index contributed by atoms with van der Waals surface area (Å²) < 4.78 is 15.2. The minimum atomic E-state index is -0.402. The summed E-state index contributed by atoms with van der Waals surface area (Å²) in [5.74, 6) is 0.0451. The lowest BCUT2D eigenvalue weighted by atomic mass is 10.2. The summed E-state index contributed by atoms with van der Waals surface area (Å²) in [5.41, 5.74) is 1.81. The normalized spacial score (nSPS) is 11.3. The topological polar surface area (TPSA) is 34.9 Å². The molecule has 4 heteroatoms. The highest BCUT2D eigenvalue weighted by Crippen LogP contribution is 2.16. The standard InChI is InChI=1S/C22H15FN2O/c23-17-9-6-10-18(15-17)25-21(14-13-16-7-2-1-3-8-16)24-20-12-5-4-11-19(20)22(25)26/h1-15H. The van der Waals surface area contributed by atoms with Crippen LogP contribution in [-0.2, 0) is 0 Å². The lowest BCUT2D eigenvalue weighted by Gasteiger charge is -2.11. The molecule has 0 fully saturated rings. The first-order valence-electron chi connectivity index (χ1n) is 8.23. The molecule has 4 rings (SSSR count). The van der Waals surface area contributed by atoms with Gasteiger partial charge in [0.1, 0.15) is 11.6 Å². The van der Waals surface area contributed by atoms with Gasteiger partial charge in [-0.3, -0.25) is 9.36 Å². The van der Waals surface area contributed by atoms with Gasteiger partial charge in [0, 0.05) is 0 Å². The van der Waals surface area contributed by atoms with Gasteiger partial charge in [-0.25, -0.2) is 9.37 Å². The van der Waals surface area contributed by atoms with E-state index < -0.39 is 5.82 Å². The van der Waals surface area contributed by atoms with Crippen LogP contribution < -0.4 is 5.56 Å². The Kier molecular flexibility index (Phi) is 4.15. The van der Waals surface area contributed by atoms with Crippen molar-refractivity contribution < 1.29 is 4.39 Å². The van der Waals surface area contributed by atoms with E-state index in [9.17, 15) is 9.18 Å². The van der Waals surface area contributed by atoms with Gasteiger partial charge in [0.2, 0.25) is 0 Å². The van der Waals surface area contributed by atoms with Crippen molar-refractivity contribution in [2.45, 2.75) is 0 Å². The van der Waals surface area contributed by atoms with Crippen LogP contribution in [0.25, 0.3) is 28.7 Å². The molecular weight excluding hydrogens is 327 g/mol. The number of benzene rings is 3. The largest absolute Gasteiger partial charge is 0.268 e. The van der Waals surface area contributed by atoms with Crippen molar-refractivity contribution in [2.24, 2.45) is 0 Å². The minimum Gasteiger partial charge on any atom is -0.268 e. The third kappa shape index (κ3) is 3.05. The second kappa shape index (κ2) is 6.76. The van der Waals surface area contributed by atoms with Crippen molar-refractivity contribution >= 4 is 23.1 Å². The number of rotatable bonds is 3. The van der Waals surface area contributed by atoms with Crippen LogP contribution in [0.5, 0.6) is 0 Å². The smallest absolute Gasteiger partial charge is 0.266 e. The van der Waals surface area contributed by atoms with E-state index in [1.807, 2.05) is 42.5 Å². The van der Waals surface area contributed by atoms with Crippen LogP contribution in [0, 0.1) is 5.82 Å². The maximum Gasteiger partial charge on any atom is 0.266 e. The van der Waals surface area contributed by atoms with Crippen LogP contribution in [0.4, 0.5) is 4.39 Å². The summed E-state index contributed by atoms with van der Waals surface area (Å²) in [4.78, 5) is 17.6. The Morgan fingerprint density at radius 2 is 1.62 bits per heavy atom. The van der Waals surface area contributed by atoms with Crippen molar-refractivity contribution in [1.82, 2.24) is 9.55 Å². The van der Waals surface area contributed by atoms with Crippen LogP contribution in [0.1, 0.15) is 11.4 Å². The number of hydrogen-bond donors (Lipinski definition) is 0. The second-order valence-electron chi connectivity index (χ2n) is 5.85. The van der Waals surface area contributed by atoms with Gasteiger partial charge in [-0.2, -0.15) is 0 Å². The third-order valence-electron chi connectivity index (χ3n) is 4.09. The summed E-state index contributed by atoms with van der Waals surface area (Å²) in [6.45, 7) is 0. The number of para-hydroxylation sites is 1. The van der Waals surface area contributed by atoms with Gasteiger partial charge >= 0.3 is 0 Å². The first-order chi connectivity index (χ1) is 12.7. The third-order valence-corrected chi connectivity index (χ3v) is 4.09. The van der Waals surface area contributed by atoms with Crippen molar-refractivity contribution in [1.29, 1.82) is 0 Å². The molecular formula is C22H15FN2O. The molecule has 1 aromatic heterocycles. The van der Waals surface area contributed by atoms with Crippen molar-refractivity contribution in [2.75, 3.05) is 0 Å². The summed E-state index contributed by atoms with van der Waals surface area (Å²) in [7, 11) is 0. The molecule has 4 aromatic rings. The minimum absolute atomic E-state index is 0.228. The van der Waals surface area contributed by atoms with Gasteiger partial charge in [-0.05, 0) is 42.0 Å². The van der Waals surface area contributed by atoms with E-state index in [-0.39, 0.29) is 5.56 Å². The Hall–Kier alpha value is -3.53. The average molecular weight is 342 g/mol. The van der Waals surface area contributed by atoms with Gasteiger partial charge in [-0.1, -0.05) is 54.6 Å². The van der Waals surface area contributed by atoms with Crippen LogP contribution in [0.15, 0.2) is 83.7 Å². The van der Waals surface area contributed by atoms with Crippen molar-refractivity contribution in [3.8, 4) is 5.69 Å².